The summed E-state index contributed by atoms with van der Waals surface area (Å²) in [6, 6.07) is 11.8. The number of hydrogen-bond acceptors (Lipinski definition) is 6. The van der Waals surface area contributed by atoms with Gasteiger partial charge < -0.3 is 24.4 Å². The molecule has 2 aromatic carbocycles. The van der Waals surface area contributed by atoms with Crippen molar-refractivity contribution in [2.45, 2.75) is 6.42 Å². The minimum atomic E-state index is -0.683. The monoisotopic (exact) mass is 432 g/mol. The van der Waals surface area contributed by atoms with Crippen molar-refractivity contribution in [1.29, 1.82) is 0 Å². The number of para-hydroxylation sites is 1. The van der Waals surface area contributed by atoms with Crippen molar-refractivity contribution in [2.24, 2.45) is 5.92 Å². The Kier molecular flexibility index (Phi) is 6.79. The Balaban J connectivity index is 1.59. The number of carbonyl (C=O) groups excluding carboxylic acids is 3. The van der Waals surface area contributed by atoms with Crippen molar-refractivity contribution in [3.8, 4) is 11.5 Å². The number of benzene rings is 2. The molecule has 2 amide bonds. The number of carbonyl (C=O) groups is 3. The first-order valence-electron chi connectivity index (χ1n) is 9.16. The molecule has 1 fully saturated rings. The van der Waals surface area contributed by atoms with Crippen molar-refractivity contribution < 1.29 is 28.6 Å². The molecule has 0 spiro atoms. The van der Waals surface area contributed by atoms with Crippen LogP contribution in [0.25, 0.3) is 0 Å². The maximum atomic E-state index is 12.5. The zero-order valence-corrected chi connectivity index (χ0v) is 17.3. The zero-order valence-electron chi connectivity index (χ0n) is 16.5. The van der Waals surface area contributed by atoms with E-state index in [-0.39, 0.29) is 18.9 Å². The minimum Gasteiger partial charge on any atom is -0.497 e. The number of rotatable bonds is 7. The van der Waals surface area contributed by atoms with Crippen LogP contribution in [0.5, 0.6) is 11.5 Å². The van der Waals surface area contributed by atoms with E-state index < -0.39 is 24.4 Å². The van der Waals surface area contributed by atoms with Crippen LogP contribution in [0.1, 0.15) is 6.42 Å². The highest BCUT2D eigenvalue weighted by atomic mass is 35.5. The second kappa shape index (κ2) is 9.49. The Morgan fingerprint density at radius 2 is 1.93 bits per heavy atom. The lowest BCUT2D eigenvalue weighted by Gasteiger charge is -2.20. The van der Waals surface area contributed by atoms with Crippen LogP contribution in [-0.4, -0.2) is 45.2 Å². The topological polar surface area (TPSA) is 94.2 Å². The highest BCUT2D eigenvalue weighted by Gasteiger charge is 2.37. The number of nitrogens with zero attached hydrogens (tertiary/aromatic N) is 1. The summed E-state index contributed by atoms with van der Waals surface area (Å²) in [7, 11) is 3.02. The second-order valence-electron chi connectivity index (χ2n) is 6.58. The molecule has 0 saturated carbocycles. The van der Waals surface area contributed by atoms with Crippen molar-refractivity contribution in [1.82, 2.24) is 0 Å². The minimum absolute atomic E-state index is 0.0137. The SMILES string of the molecule is COc1ccc(N2C[C@H](C(=O)OCC(=O)Nc3ccccc3Cl)CC2=O)c(OC)c1. The summed E-state index contributed by atoms with van der Waals surface area (Å²) in [5.41, 5.74) is 0.962. The highest BCUT2D eigenvalue weighted by Crippen LogP contribution is 2.36. The third-order valence-electron chi connectivity index (χ3n) is 4.63. The Hall–Kier alpha value is -3.26. The largest absolute Gasteiger partial charge is 0.497 e. The van der Waals surface area contributed by atoms with Crippen LogP contribution < -0.4 is 19.7 Å². The molecule has 1 aliphatic heterocycles. The molecule has 1 atom stereocenters. The number of anilines is 2. The molecule has 1 N–H and O–H groups in total. The van der Waals surface area contributed by atoms with Gasteiger partial charge in [0.25, 0.3) is 5.91 Å². The summed E-state index contributed by atoms with van der Waals surface area (Å²) in [6.45, 7) is -0.340. The molecule has 2 aromatic rings. The van der Waals surface area contributed by atoms with Gasteiger partial charge in [0.2, 0.25) is 5.91 Å². The van der Waals surface area contributed by atoms with Crippen LogP contribution in [0.3, 0.4) is 0 Å². The van der Waals surface area contributed by atoms with Gasteiger partial charge in [-0.3, -0.25) is 14.4 Å². The molecule has 0 bridgehead atoms. The summed E-state index contributed by atoms with van der Waals surface area (Å²) in [5, 5.41) is 2.95. The van der Waals surface area contributed by atoms with E-state index in [9.17, 15) is 14.4 Å². The third-order valence-corrected chi connectivity index (χ3v) is 4.96. The van der Waals surface area contributed by atoms with Crippen LogP contribution in [0.15, 0.2) is 42.5 Å². The molecule has 9 heteroatoms. The normalized spacial score (nSPS) is 15.6. The number of nitrogens with one attached hydrogen (secondary N) is 1. The van der Waals surface area contributed by atoms with Gasteiger partial charge in [-0.05, 0) is 24.3 Å². The lowest BCUT2D eigenvalue weighted by atomic mass is 10.1. The van der Waals surface area contributed by atoms with E-state index in [4.69, 9.17) is 25.8 Å². The first kappa shape index (κ1) is 21.4. The summed E-state index contributed by atoms with van der Waals surface area (Å²) in [5.74, 6) is -1.01. The van der Waals surface area contributed by atoms with Crippen molar-refractivity contribution in [3.05, 3.63) is 47.5 Å². The Morgan fingerprint density at radius 3 is 2.63 bits per heavy atom. The molecule has 30 heavy (non-hydrogen) atoms. The molecule has 3 rings (SSSR count). The van der Waals surface area contributed by atoms with Crippen molar-refractivity contribution >= 4 is 40.8 Å². The van der Waals surface area contributed by atoms with Gasteiger partial charge in [-0.25, -0.2) is 0 Å². The van der Waals surface area contributed by atoms with Crippen LogP contribution in [-0.2, 0) is 19.1 Å². The first-order valence-corrected chi connectivity index (χ1v) is 9.54. The number of hydrogen-bond donors (Lipinski definition) is 1. The second-order valence-corrected chi connectivity index (χ2v) is 6.99. The molecule has 0 aliphatic carbocycles. The van der Waals surface area contributed by atoms with Gasteiger partial charge in [0.1, 0.15) is 11.5 Å². The standard InChI is InChI=1S/C21H21ClN2O6/c1-28-14-7-8-17(18(10-14)29-2)24-11-13(9-20(24)26)21(27)30-12-19(25)23-16-6-4-3-5-15(16)22/h3-8,10,13H,9,11-12H2,1-2H3,(H,23,25)/t13-/m1/s1. The molecule has 0 radical (unpaired) electrons. The average molecular weight is 433 g/mol. The molecular formula is C21H21ClN2O6. The number of ether oxygens (including phenoxy) is 3. The fraction of sp³-hybridized carbons (Fsp3) is 0.286. The van der Waals surface area contributed by atoms with Gasteiger partial charge in [-0.1, -0.05) is 23.7 Å². The van der Waals surface area contributed by atoms with E-state index in [0.717, 1.165) is 0 Å². The van der Waals surface area contributed by atoms with Crippen LogP contribution in [0.2, 0.25) is 5.02 Å². The number of methoxy groups -OCH3 is 2. The maximum absolute atomic E-state index is 12.5. The zero-order chi connectivity index (χ0) is 21.7. The van der Waals surface area contributed by atoms with Gasteiger partial charge in [0, 0.05) is 19.0 Å². The van der Waals surface area contributed by atoms with Crippen molar-refractivity contribution in [2.75, 3.05) is 37.6 Å². The van der Waals surface area contributed by atoms with E-state index in [0.29, 0.717) is 27.9 Å². The molecule has 0 aromatic heterocycles. The van der Waals surface area contributed by atoms with E-state index in [1.165, 1.54) is 19.1 Å². The van der Waals surface area contributed by atoms with E-state index in [2.05, 4.69) is 5.32 Å². The van der Waals surface area contributed by atoms with Crippen LogP contribution >= 0.6 is 11.6 Å². The van der Waals surface area contributed by atoms with E-state index in [1.54, 1.807) is 42.5 Å². The van der Waals surface area contributed by atoms with E-state index >= 15 is 0 Å². The Morgan fingerprint density at radius 1 is 1.17 bits per heavy atom. The predicted octanol–water partition coefficient (Wildman–Crippen LogP) is 2.89. The molecular weight excluding hydrogens is 412 g/mol. The fourth-order valence-corrected chi connectivity index (χ4v) is 3.29. The molecule has 8 nitrogen and oxygen atoms in total. The van der Waals surface area contributed by atoms with Crippen molar-refractivity contribution in [3.63, 3.8) is 0 Å². The smallest absolute Gasteiger partial charge is 0.311 e. The van der Waals surface area contributed by atoms with E-state index in [1.807, 2.05) is 0 Å². The number of halogens is 1. The summed E-state index contributed by atoms with van der Waals surface area (Å²) in [6.07, 6.45) is -0.0137. The predicted molar refractivity (Wildman–Crippen MR) is 111 cm³/mol. The molecule has 1 saturated heterocycles. The summed E-state index contributed by atoms with van der Waals surface area (Å²) in [4.78, 5) is 38.3. The number of amides is 2. The molecule has 0 unspecified atom stereocenters. The van der Waals surface area contributed by atoms with Crippen LogP contribution in [0, 0.1) is 5.92 Å². The average Bonchev–Trinajstić information content (AvgIpc) is 3.14. The molecule has 1 heterocycles. The van der Waals surface area contributed by atoms with Gasteiger partial charge in [-0.15, -0.1) is 0 Å². The van der Waals surface area contributed by atoms with Gasteiger partial charge in [0.15, 0.2) is 6.61 Å². The maximum Gasteiger partial charge on any atom is 0.311 e. The van der Waals surface area contributed by atoms with Gasteiger partial charge >= 0.3 is 5.97 Å². The fourth-order valence-electron chi connectivity index (χ4n) is 3.11. The number of esters is 1. The first-order chi connectivity index (χ1) is 14.4. The van der Waals surface area contributed by atoms with Crippen LogP contribution in [0.4, 0.5) is 11.4 Å². The summed E-state index contributed by atoms with van der Waals surface area (Å²) >= 11 is 5.99. The Labute approximate surface area is 178 Å². The molecule has 158 valence electrons. The summed E-state index contributed by atoms with van der Waals surface area (Å²) < 4.78 is 15.6. The van der Waals surface area contributed by atoms with Gasteiger partial charge in [-0.2, -0.15) is 0 Å². The third kappa shape index (κ3) is 4.83. The highest BCUT2D eigenvalue weighted by molar-refractivity contribution is 6.33. The Bertz CT molecular complexity index is 964. The molecule has 1 aliphatic rings. The lowest BCUT2D eigenvalue weighted by Crippen LogP contribution is -2.28. The van der Waals surface area contributed by atoms with Gasteiger partial charge in [0.05, 0.1) is 36.5 Å². The lowest BCUT2D eigenvalue weighted by molar-refractivity contribution is -0.151. The quantitative estimate of drug-likeness (QED) is 0.676.